The van der Waals surface area contributed by atoms with Crippen molar-refractivity contribution < 1.29 is 18.7 Å². The number of hydrogen-bond acceptors (Lipinski definition) is 5. The maximum absolute atomic E-state index is 12.1. The fourth-order valence-corrected chi connectivity index (χ4v) is 2.47. The number of benzene rings is 2. The lowest BCUT2D eigenvalue weighted by Crippen LogP contribution is -2.44. The molecule has 0 radical (unpaired) electrons. The molecule has 0 unspecified atom stereocenters. The van der Waals surface area contributed by atoms with Crippen molar-refractivity contribution in [3.63, 3.8) is 0 Å². The van der Waals surface area contributed by atoms with Crippen LogP contribution in [-0.4, -0.2) is 25.5 Å². The summed E-state index contributed by atoms with van der Waals surface area (Å²) in [6.45, 7) is 1.93. The predicted molar refractivity (Wildman–Crippen MR) is 98.0 cm³/mol. The molecule has 0 saturated carbocycles. The summed E-state index contributed by atoms with van der Waals surface area (Å²) in [6.07, 6.45) is 0. The molecule has 1 aromatic heterocycles. The van der Waals surface area contributed by atoms with E-state index in [1.807, 2.05) is 31.2 Å². The van der Waals surface area contributed by atoms with E-state index in [0.717, 1.165) is 10.9 Å². The first-order valence-electron chi connectivity index (χ1n) is 8.03. The second kappa shape index (κ2) is 7.60. The second-order valence-electron chi connectivity index (χ2n) is 5.71. The lowest BCUT2D eigenvalue weighted by molar-refractivity contribution is -0.120. The molecule has 0 bridgehead atoms. The van der Waals surface area contributed by atoms with Crippen molar-refractivity contribution in [3.05, 3.63) is 59.9 Å². The fraction of sp³-hybridized carbons (Fsp3) is 0.158. The molecule has 1 heterocycles. The van der Waals surface area contributed by atoms with Gasteiger partial charge < -0.3 is 14.5 Å². The molecule has 0 fully saturated rings. The maximum Gasteiger partial charge on any atom is 0.305 e. The van der Waals surface area contributed by atoms with E-state index >= 15 is 0 Å². The van der Waals surface area contributed by atoms with Gasteiger partial charge in [-0.25, -0.2) is 0 Å². The molecule has 0 saturated heterocycles. The molecule has 3 N–H and O–H groups in total. The fourth-order valence-electron chi connectivity index (χ4n) is 2.47. The van der Waals surface area contributed by atoms with Crippen molar-refractivity contribution >= 4 is 28.5 Å². The van der Waals surface area contributed by atoms with E-state index in [2.05, 4.69) is 16.2 Å². The Hall–Kier alpha value is -3.48. The van der Waals surface area contributed by atoms with E-state index < -0.39 is 11.8 Å². The summed E-state index contributed by atoms with van der Waals surface area (Å²) in [5.74, 6) is -0.175. The molecule has 0 aliphatic carbocycles. The Morgan fingerprint density at radius 2 is 1.88 bits per heavy atom. The summed E-state index contributed by atoms with van der Waals surface area (Å²) in [4.78, 5) is 24.0. The first kappa shape index (κ1) is 17.3. The molecule has 26 heavy (non-hydrogen) atoms. The summed E-state index contributed by atoms with van der Waals surface area (Å²) in [5, 5.41) is 3.78. The molecule has 7 heteroatoms. The summed E-state index contributed by atoms with van der Waals surface area (Å²) >= 11 is 0. The number of amides is 2. The molecule has 0 aliphatic rings. The Kier molecular flexibility index (Phi) is 5.07. The number of anilines is 1. The number of ether oxygens (including phenoxy) is 1. The molecular weight excluding hydrogens is 334 g/mol. The van der Waals surface area contributed by atoms with Gasteiger partial charge in [0.05, 0.1) is 19.3 Å². The summed E-state index contributed by atoms with van der Waals surface area (Å²) in [7, 11) is 1.55. The van der Waals surface area contributed by atoms with Gasteiger partial charge in [0.15, 0.2) is 5.76 Å². The predicted octanol–water partition coefficient (Wildman–Crippen LogP) is 2.62. The molecular formula is C19H19N3O4. The zero-order valence-corrected chi connectivity index (χ0v) is 14.5. The van der Waals surface area contributed by atoms with Crippen LogP contribution in [-0.2, 0) is 4.79 Å². The normalized spacial score (nSPS) is 10.4. The van der Waals surface area contributed by atoms with Crippen LogP contribution in [0, 0.1) is 6.92 Å². The van der Waals surface area contributed by atoms with Gasteiger partial charge in [-0.3, -0.25) is 20.4 Å². The van der Waals surface area contributed by atoms with Crippen molar-refractivity contribution in [2.45, 2.75) is 6.92 Å². The highest BCUT2D eigenvalue weighted by atomic mass is 16.5. The van der Waals surface area contributed by atoms with Gasteiger partial charge in [-0.1, -0.05) is 23.8 Å². The van der Waals surface area contributed by atoms with Gasteiger partial charge in [0.1, 0.15) is 11.3 Å². The number of fused-ring (bicyclic) bond motifs is 1. The van der Waals surface area contributed by atoms with E-state index in [1.165, 1.54) is 0 Å². The SMILES string of the molecule is COc1ccccc1NCC(=O)NNC(=O)c1cc2cc(C)ccc2o1. The minimum Gasteiger partial charge on any atom is -0.495 e. The Bertz CT molecular complexity index is 949. The number of carbonyl (C=O) groups excluding carboxylic acids is 2. The quantitative estimate of drug-likeness (QED) is 0.613. The van der Waals surface area contributed by atoms with Crippen molar-refractivity contribution in [1.29, 1.82) is 0 Å². The Morgan fingerprint density at radius 1 is 1.08 bits per heavy atom. The Labute approximate surface area is 150 Å². The highest BCUT2D eigenvalue weighted by molar-refractivity contribution is 5.97. The average molecular weight is 353 g/mol. The molecule has 2 amide bonds. The van der Waals surface area contributed by atoms with E-state index in [9.17, 15) is 9.59 Å². The van der Waals surface area contributed by atoms with Gasteiger partial charge in [-0.05, 0) is 37.3 Å². The average Bonchev–Trinajstić information content (AvgIpc) is 3.07. The number of para-hydroxylation sites is 2. The van der Waals surface area contributed by atoms with Gasteiger partial charge >= 0.3 is 5.91 Å². The molecule has 0 atom stereocenters. The number of carbonyl (C=O) groups is 2. The Morgan fingerprint density at radius 3 is 2.69 bits per heavy atom. The number of hydrazine groups is 1. The smallest absolute Gasteiger partial charge is 0.305 e. The molecule has 3 aromatic rings. The van der Waals surface area contributed by atoms with E-state index in [0.29, 0.717) is 17.0 Å². The second-order valence-corrected chi connectivity index (χ2v) is 5.71. The molecule has 7 nitrogen and oxygen atoms in total. The third-order valence-corrected chi connectivity index (χ3v) is 3.76. The number of nitrogens with one attached hydrogen (secondary N) is 3. The molecule has 2 aromatic carbocycles. The minimum absolute atomic E-state index is 0.0278. The van der Waals surface area contributed by atoms with Crippen LogP contribution in [0.1, 0.15) is 16.1 Å². The number of aryl methyl sites for hydroxylation is 1. The van der Waals surface area contributed by atoms with Gasteiger partial charge in [0.2, 0.25) is 0 Å². The first-order valence-corrected chi connectivity index (χ1v) is 8.03. The van der Waals surface area contributed by atoms with E-state index in [-0.39, 0.29) is 12.3 Å². The van der Waals surface area contributed by atoms with Crippen molar-refractivity contribution in [1.82, 2.24) is 10.9 Å². The summed E-state index contributed by atoms with van der Waals surface area (Å²) in [6, 6.07) is 14.5. The molecule has 0 spiro atoms. The largest absolute Gasteiger partial charge is 0.495 e. The van der Waals surface area contributed by atoms with Crippen LogP contribution < -0.4 is 20.9 Å². The summed E-state index contributed by atoms with van der Waals surface area (Å²) in [5.41, 5.74) is 7.05. The first-order chi connectivity index (χ1) is 12.6. The summed E-state index contributed by atoms with van der Waals surface area (Å²) < 4.78 is 10.7. The van der Waals surface area contributed by atoms with Crippen molar-refractivity contribution in [3.8, 4) is 5.75 Å². The van der Waals surface area contributed by atoms with Crippen molar-refractivity contribution in [2.75, 3.05) is 19.0 Å². The number of furan rings is 1. The van der Waals surface area contributed by atoms with E-state index in [1.54, 1.807) is 31.4 Å². The van der Waals surface area contributed by atoms with Crippen LogP contribution in [0.15, 0.2) is 52.9 Å². The standard InChI is InChI=1S/C19H19N3O4/c1-12-7-8-15-13(9-12)10-17(26-15)19(24)22-21-18(23)11-20-14-5-3-4-6-16(14)25-2/h3-10,20H,11H2,1-2H3,(H,21,23)(H,22,24). The topological polar surface area (TPSA) is 92.6 Å². The third-order valence-electron chi connectivity index (χ3n) is 3.76. The highest BCUT2D eigenvalue weighted by Gasteiger charge is 2.13. The maximum atomic E-state index is 12.1. The van der Waals surface area contributed by atoms with Gasteiger partial charge in [-0.15, -0.1) is 0 Å². The monoisotopic (exact) mass is 353 g/mol. The van der Waals surface area contributed by atoms with Crippen LogP contribution in [0.25, 0.3) is 11.0 Å². The van der Waals surface area contributed by atoms with Crippen LogP contribution >= 0.6 is 0 Å². The van der Waals surface area contributed by atoms with Crippen molar-refractivity contribution in [2.24, 2.45) is 0 Å². The van der Waals surface area contributed by atoms with Crippen LogP contribution in [0.2, 0.25) is 0 Å². The van der Waals surface area contributed by atoms with Crippen LogP contribution in [0.4, 0.5) is 5.69 Å². The molecule has 134 valence electrons. The van der Waals surface area contributed by atoms with E-state index in [4.69, 9.17) is 9.15 Å². The lowest BCUT2D eigenvalue weighted by Gasteiger charge is -2.11. The minimum atomic E-state index is -0.524. The number of hydrogen-bond donors (Lipinski definition) is 3. The van der Waals surface area contributed by atoms with Gasteiger partial charge in [0, 0.05) is 5.39 Å². The zero-order chi connectivity index (χ0) is 18.5. The number of methoxy groups -OCH3 is 1. The highest BCUT2D eigenvalue weighted by Crippen LogP contribution is 2.22. The molecule has 3 rings (SSSR count). The van der Waals surface area contributed by atoms with Gasteiger partial charge in [0.25, 0.3) is 5.91 Å². The van der Waals surface area contributed by atoms with Gasteiger partial charge in [-0.2, -0.15) is 0 Å². The third kappa shape index (κ3) is 3.94. The lowest BCUT2D eigenvalue weighted by atomic mass is 10.2. The zero-order valence-electron chi connectivity index (χ0n) is 14.5. The van der Waals surface area contributed by atoms with Crippen LogP contribution in [0.3, 0.4) is 0 Å². The molecule has 0 aliphatic heterocycles. The Balaban J connectivity index is 1.54. The van der Waals surface area contributed by atoms with Crippen LogP contribution in [0.5, 0.6) is 5.75 Å². The number of rotatable bonds is 5.